The largest absolute Gasteiger partial charge is 0.497 e. The lowest BCUT2D eigenvalue weighted by Crippen LogP contribution is -2.20. The smallest absolute Gasteiger partial charge is 0.121 e. The van der Waals surface area contributed by atoms with E-state index in [1.165, 1.54) is 6.42 Å². The first-order chi connectivity index (χ1) is 7.79. The third-order valence-corrected chi connectivity index (χ3v) is 2.89. The molecule has 0 fully saturated rings. The van der Waals surface area contributed by atoms with Crippen molar-refractivity contribution in [3.8, 4) is 5.75 Å². The van der Waals surface area contributed by atoms with E-state index in [1.54, 1.807) is 7.11 Å². The second-order valence-electron chi connectivity index (χ2n) is 4.08. The van der Waals surface area contributed by atoms with Gasteiger partial charge in [0.2, 0.25) is 0 Å². The fraction of sp³-hybridized carbons (Fsp3) is 0.385. The van der Waals surface area contributed by atoms with Gasteiger partial charge in [0.15, 0.2) is 0 Å². The van der Waals surface area contributed by atoms with Gasteiger partial charge in [0, 0.05) is 12.1 Å². The maximum atomic E-state index is 5.95. The first-order valence-corrected chi connectivity index (χ1v) is 5.64. The zero-order chi connectivity index (χ0) is 11.4. The van der Waals surface area contributed by atoms with Crippen molar-refractivity contribution in [2.75, 3.05) is 18.2 Å². The number of nitrogen functional groups attached to an aromatic ring is 1. The molecule has 1 unspecified atom stereocenters. The lowest BCUT2D eigenvalue weighted by atomic mass is 10.0. The van der Waals surface area contributed by atoms with Gasteiger partial charge in [0.05, 0.1) is 18.5 Å². The van der Waals surface area contributed by atoms with Gasteiger partial charge >= 0.3 is 0 Å². The summed E-state index contributed by atoms with van der Waals surface area (Å²) in [5.74, 6) is 0.798. The maximum absolute atomic E-state index is 5.95. The van der Waals surface area contributed by atoms with Crippen LogP contribution in [0.1, 0.15) is 19.3 Å². The van der Waals surface area contributed by atoms with Crippen molar-refractivity contribution < 1.29 is 4.74 Å². The van der Waals surface area contributed by atoms with Gasteiger partial charge < -0.3 is 15.8 Å². The van der Waals surface area contributed by atoms with Gasteiger partial charge in [0.1, 0.15) is 5.75 Å². The van der Waals surface area contributed by atoms with Gasteiger partial charge in [-0.25, -0.2) is 0 Å². The molecule has 0 aromatic heterocycles. The number of nitrogens with two attached hydrogens (primary N) is 1. The van der Waals surface area contributed by atoms with E-state index in [1.807, 2.05) is 18.2 Å². The minimum Gasteiger partial charge on any atom is -0.497 e. The third kappa shape index (κ3) is 2.48. The number of hydrogen-bond donors (Lipinski definition) is 2. The Morgan fingerprint density at radius 3 is 2.88 bits per heavy atom. The van der Waals surface area contributed by atoms with Gasteiger partial charge in [-0.1, -0.05) is 12.2 Å². The Morgan fingerprint density at radius 2 is 2.25 bits per heavy atom. The van der Waals surface area contributed by atoms with Crippen molar-refractivity contribution in [2.45, 2.75) is 25.3 Å². The summed E-state index contributed by atoms with van der Waals surface area (Å²) in [4.78, 5) is 0. The summed E-state index contributed by atoms with van der Waals surface area (Å²) in [6.07, 6.45) is 7.84. The van der Waals surface area contributed by atoms with Gasteiger partial charge in [-0.05, 0) is 31.4 Å². The van der Waals surface area contributed by atoms with Gasteiger partial charge in [-0.15, -0.1) is 0 Å². The highest BCUT2D eigenvalue weighted by Gasteiger charge is 2.10. The number of methoxy groups -OCH3 is 1. The highest BCUT2D eigenvalue weighted by atomic mass is 16.5. The molecule has 3 nitrogen and oxygen atoms in total. The number of nitrogens with one attached hydrogen (secondary N) is 1. The fourth-order valence-corrected chi connectivity index (χ4v) is 1.94. The second-order valence-corrected chi connectivity index (χ2v) is 4.08. The number of benzene rings is 1. The SMILES string of the molecule is COc1ccc(NC2CC=CCC2)c(N)c1. The Morgan fingerprint density at radius 1 is 1.38 bits per heavy atom. The Kier molecular flexibility index (Phi) is 3.34. The van der Waals surface area contributed by atoms with Crippen molar-refractivity contribution in [1.29, 1.82) is 0 Å². The van der Waals surface area contributed by atoms with E-state index < -0.39 is 0 Å². The van der Waals surface area contributed by atoms with Crippen molar-refractivity contribution in [3.05, 3.63) is 30.4 Å². The summed E-state index contributed by atoms with van der Waals surface area (Å²) in [5, 5.41) is 3.47. The number of rotatable bonds is 3. The van der Waals surface area contributed by atoms with E-state index in [0.717, 1.165) is 30.0 Å². The first kappa shape index (κ1) is 10.9. The molecule has 1 atom stereocenters. The predicted octanol–water partition coefficient (Wildman–Crippen LogP) is 2.80. The van der Waals surface area contributed by atoms with E-state index in [0.29, 0.717) is 6.04 Å². The van der Waals surface area contributed by atoms with E-state index in [9.17, 15) is 0 Å². The van der Waals surface area contributed by atoms with Crippen LogP contribution in [0, 0.1) is 0 Å². The molecular formula is C13H18N2O. The van der Waals surface area contributed by atoms with Crippen molar-refractivity contribution in [1.82, 2.24) is 0 Å². The quantitative estimate of drug-likeness (QED) is 0.606. The molecule has 1 aliphatic rings. The van der Waals surface area contributed by atoms with Gasteiger partial charge in [0.25, 0.3) is 0 Å². The molecule has 1 aromatic carbocycles. The van der Waals surface area contributed by atoms with Gasteiger partial charge in [-0.3, -0.25) is 0 Å². The molecule has 3 N–H and O–H groups in total. The minimum absolute atomic E-state index is 0.501. The summed E-state index contributed by atoms with van der Waals surface area (Å²) >= 11 is 0. The van der Waals surface area contributed by atoms with E-state index >= 15 is 0 Å². The highest BCUT2D eigenvalue weighted by Crippen LogP contribution is 2.26. The van der Waals surface area contributed by atoms with Gasteiger partial charge in [-0.2, -0.15) is 0 Å². The molecular weight excluding hydrogens is 200 g/mol. The van der Waals surface area contributed by atoms with Crippen LogP contribution in [0.25, 0.3) is 0 Å². The number of allylic oxidation sites excluding steroid dienone is 1. The van der Waals surface area contributed by atoms with Crippen LogP contribution >= 0.6 is 0 Å². The zero-order valence-corrected chi connectivity index (χ0v) is 9.57. The molecule has 86 valence electrons. The molecule has 0 saturated carbocycles. The molecule has 0 radical (unpaired) electrons. The second kappa shape index (κ2) is 4.92. The normalized spacial score (nSPS) is 19.4. The Labute approximate surface area is 96.3 Å². The Hall–Kier alpha value is -1.64. The summed E-state index contributed by atoms with van der Waals surface area (Å²) in [6, 6.07) is 6.26. The highest BCUT2D eigenvalue weighted by molar-refractivity contribution is 5.68. The lowest BCUT2D eigenvalue weighted by molar-refractivity contribution is 0.415. The Bertz CT molecular complexity index is 388. The maximum Gasteiger partial charge on any atom is 0.121 e. The van der Waals surface area contributed by atoms with Crippen LogP contribution in [0.2, 0.25) is 0 Å². The fourth-order valence-electron chi connectivity index (χ4n) is 1.94. The topological polar surface area (TPSA) is 47.3 Å². The van der Waals surface area contributed by atoms with E-state index in [-0.39, 0.29) is 0 Å². The average molecular weight is 218 g/mol. The predicted molar refractivity (Wildman–Crippen MR) is 67.8 cm³/mol. The molecule has 1 aliphatic carbocycles. The summed E-state index contributed by atoms with van der Waals surface area (Å²) in [5.41, 5.74) is 7.70. The third-order valence-electron chi connectivity index (χ3n) is 2.89. The zero-order valence-electron chi connectivity index (χ0n) is 9.57. The van der Waals surface area contributed by atoms with Crippen molar-refractivity contribution >= 4 is 11.4 Å². The van der Waals surface area contributed by atoms with E-state index in [2.05, 4.69) is 17.5 Å². The average Bonchev–Trinajstić information content (AvgIpc) is 2.33. The Balaban J connectivity index is 2.06. The van der Waals surface area contributed by atoms with Crippen LogP contribution in [0.15, 0.2) is 30.4 Å². The van der Waals surface area contributed by atoms with Crippen molar-refractivity contribution in [3.63, 3.8) is 0 Å². The van der Waals surface area contributed by atoms with Crippen LogP contribution in [0.3, 0.4) is 0 Å². The first-order valence-electron chi connectivity index (χ1n) is 5.64. The van der Waals surface area contributed by atoms with Crippen LogP contribution in [0.5, 0.6) is 5.75 Å². The minimum atomic E-state index is 0.501. The molecule has 3 heteroatoms. The number of ether oxygens (including phenoxy) is 1. The summed E-state index contributed by atoms with van der Waals surface area (Å²) < 4.78 is 5.12. The monoisotopic (exact) mass is 218 g/mol. The lowest BCUT2D eigenvalue weighted by Gasteiger charge is -2.21. The molecule has 1 aromatic rings. The molecule has 0 aliphatic heterocycles. The molecule has 16 heavy (non-hydrogen) atoms. The van der Waals surface area contributed by atoms with Crippen LogP contribution < -0.4 is 15.8 Å². The number of anilines is 2. The van der Waals surface area contributed by atoms with Crippen LogP contribution in [0.4, 0.5) is 11.4 Å². The van der Waals surface area contributed by atoms with E-state index in [4.69, 9.17) is 10.5 Å². The molecule has 0 saturated heterocycles. The summed E-state index contributed by atoms with van der Waals surface area (Å²) in [7, 11) is 1.65. The number of hydrogen-bond acceptors (Lipinski definition) is 3. The summed E-state index contributed by atoms with van der Waals surface area (Å²) in [6.45, 7) is 0. The molecule has 0 amide bonds. The molecule has 2 rings (SSSR count). The molecule has 0 heterocycles. The van der Waals surface area contributed by atoms with Crippen LogP contribution in [-0.4, -0.2) is 13.2 Å². The standard InChI is InChI=1S/C13H18N2O/c1-16-11-7-8-13(12(14)9-11)15-10-5-3-2-4-6-10/h2-3,7-10,15H,4-6,14H2,1H3. The van der Waals surface area contributed by atoms with Crippen molar-refractivity contribution in [2.24, 2.45) is 0 Å². The molecule has 0 spiro atoms. The van der Waals surface area contributed by atoms with Crippen LogP contribution in [-0.2, 0) is 0 Å². The molecule has 0 bridgehead atoms.